The molecule has 1 atom stereocenters. The van der Waals surface area contributed by atoms with E-state index >= 15 is 0 Å². The van der Waals surface area contributed by atoms with Crippen LogP contribution in [0, 0.1) is 0 Å². The van der Waals surface area contributed by atoms with E-state index in [-0.39, 0.29) is 18.6 Å². The SMILES string of the molecule is OCCC(CO)c1ccccc1C(F)(F)F. The molecule has 0 amide bonds. The summed E-state index contributed by atoms with van der Waals surface area (Å²) in [4.78, 5) is 0. The summed E-state index contributed by atoms with van der Waals surface area (Å²) in [6.07, 6.45) is -4.32. The van der Waals surface area contributed by atoms with Crippen LogP contribution in [0.3, 0.4) is 0 Å². The zero-order chi connectivity index (χ0) is 12.2. The summed E-state index contributed by atoms with van der Waals surface area (Å²) in [5.41, 5.74) is -0.714. The van der Waals surface area contributed by atoms with Crippen molar-refractivity contribution in [3.05, 3.63) is 35.4 Å². The van der Waals surface area contributed by atoms with Crippen LogP contribution in [-0.2, 0) is 6.18 Å². The molecule has 0 aliphatic carbocycles. The molecule has 0 saturated carbocycles. The first kappa shape index (κ1) is 13.0. The Labute approximate surface area is 91.3 Å². The molecule has 0 saturated heterocycles. The lowest BCUT2D eigenvalue weighted by atomic mass is 9.92. The minimum absolute atomic E-state index is 0.0338. The fourth-order valence-corrected chi connectivity index (χ4v) is 1.61. The molecular weight excluding hydrogens is 221 g/mol. The van der Waals surface area contributed by atoms with Crippen LogP contribution >= 0.6 is 0 Å². The average Bonchev–Trinajstić information content (AvgIpc) is 2.25. The fourth-order valence-electron chi connectivity index (χ4n) is 1.61. The van der Waals surface area contributed by atoms with Gasteiger partial charge >= 0.3 is 6.18 Å². The average molecular weight is 234 g/mol. The van der Waals surface area contributed by atoms with Crippen LogP contribution in [0.1, 0.15) is 23.5 Å². The molecule has 0 radical (unpaired) electrons. The summed E-state index contributed by atoms with van der Waals surface area (Å²) in [6, 6.07) is 5.11. The monoisotopic (exact) mass is 234 g/mol. The largest absolute Gasteiger partial charge is 0.416 e. The predicted octanol–water partition coefficient (Wildman–Crippen LogP) is 2.16. The van der Waals surface area contributed by atoms with Gasteiger partial charge in [0.2, 0.25) is 0 Å². The van der Waals surface area contributed by atoms with Gasteiger partial charge in [-0.25, -0.2) is 0 Å². The number of hydrogen-bond acceptors (Lipinski definition) is 2. The van der Waals surface area contributed by atoms with E-state index in [2.05, 4.69) is 0 Å². The smallest absolute Gasteiger partial charge is 0.396 e. The first-order valence-electron chi connectivity index (χ1n) is 4.88. The van der Waals surface area contributed by atoms with E-state index in [1.54, 1.807) is 0 Å². The highest BCUT2D eigenvalue weighted by Gasteiger charge is 2.34. The molecule has 0 aliphatic rings. The van der Waals surface area contributed by atoms with E-state index in [0.717, 1.165) is 6.07 Å². The summed E-state index contributed by atoms with van der Waals surface area (Å²) in [6.45, 7) is -0.662. The first-order valence-corrected chi connectivity index (χ1v) is 4.88. The predicted molar refractivity (Wildman–Crippen MR) is 53.0 cm³/mol. The first-order chi connectivity index (χ1) is 7.50. The van der Waals surface area contributed by atoms with Crippen LogP contribution in [0.4, 0.5) is 13.2 Å². The van der Waals surface area contributed by atoms with Crippen LogP contribution in [0.2, 0.25) is 0 Å². The van der Waals surface area contributed by atoms with Crippen LogP contribution in [-0.4, -0.2) is 23.4 Å². The van der Waals surface area contributed by atoms with E-state index in [9.17, 15) is 13.2 Å². The quantitative estimate of drug-likeness (QED) is 0.838. The Morgan fingerprint density at radius 3 is 2.25 bits per heavy atom. The number of rotatable bonds is 4. The van der Waals surface area contributed by atoms with Crippen molar-refractivity contribution in [1.82, 2.24) is 0 Å². The maximum Gasteiger partial charge on any atom is 0.416 e. The van der Waals surface area contributed by atoms with Gasteiger partial charge in [0, 0.05) is 12.5 Å². The van der Waals surface area contributed by atoms with Gasteiger partial charge in [-0.1, -0.05) is 18.2 Å². The molecule has 0 bridgehead atoms. The van der Waals surface area contributed by atoms with Crippen LogP contribution < -0.4 is 0 Å². The molecular formula is C11H13F3O2. The van der Waals surface area contributed by atoms with Gasteiger partial charge in [-0.2, -0.15) is 13.2 Å². The second-order valence-electron chi connectivity index (χ2n) is 3.48. The molecule has 1 rings (SSSR count). The fraction of sp³-hybridized carbons (Fsp3) is 0.455. The highest BCUT2D eigenvalue weighted by molar-refractivity contribution is 5.32. The molecule has 1 aromatic carbocycles. The summed E-state index contributed by atoms with van der Waals surface area (Å²) >= 11 is 0. The Hall–Kier alpha value is -1.07. The molecule has 0 aromatic heterocycles. The van der Waals surface area contributed by atoms with Gasteiger partial charge in [0.15, 0.2) is 0 Å². The van der Waals surface area contributed by atoms with E-state index in [1.807, 2.05) is 0 Å². The number of hydrogen-bond donors (Lipinski definition) is 2. The summed E-state index contributed by atoms with van der Waals surface area (Å²) < 4.78 is 37.9. The number of aliphatic hydroxyl groups excluding tert-OH is 2. The van der Waals surface area contributed by atoms with Gasteiger partial charge < -0.3 is 10.2 Å². The van der Waals surface area contributed by atoms with E-state index in [0.29, 0.717) is 0 Å². The third-order valence-corrected chi connectivity index (χ3v) is 2.40. The zero-order valence-electron chi connectivity index (χ0n) is 8.54. The molecule has 0 aliphatic heterocycles. The molecule has 0 fully saturated rings. The molecule has 2 N–H and O–H groups in total. The molecule has 16 heavy (non-hydrogen) atoms. The van der Waals surface area contributed by atoms with Gasteiger partial charge in [-0.3, -0.25) is 0 Å². The van der Waals surface area contributed by atoms with Crippen molar-refractivity contribution in [2.45, 2.75) is 18.5 Å². The van der Waals surface area contributed by atoms with Crippen molar-refractivity contribution < 1.29 is 23.4 Å². The van der Waals surface area contributed by atoms with Crippen LogP contribution in [0.5, 0.6) is 0 Å². The Morgan fingerprint density at radius 1 is 1.12 bits per heavy atom. The number of aliphatic hydroxyl groups is 2. The normalized spacial score (nSPS) is 13.8. The van der Waals surface area contributed by atoms with Gasteiger partial charge in [0.25, 0.3) is 0 Å². The number of alkyl halides is 3. The van der Waals surface area contributed by atoms with Crippen LogP contribution in [0.15, 0.2) is 24.3 Å². The van der Waals surface area contributed by atoms with E-state index in [4.69, 9.17) is 10.2 Å². The van der Waals surface area contributed by atoms with Crippen molar-refractivity contribution >= 4 is 0 Å². The van der Waals surface area contributed by atoms with Crippen molar-refractivity contribution in [3.8, 4) is 0 Å². The maximum atomic E-state index is 12.6. The van der Waals surface area contributed by atoms with E-state index in [1.165, 1.54) is 18.2 Å². The lowest BCUT2D eigenvalue weighted by Gasteiger charge is -2.19. The Morgan fingerprint density at radius 2 is 1.75 bits per heavy atom. The van der Waals surface area contributed by atoms with Crippen LogP contribution in [0.25, 0.3) is 0 Å². The highest BCUT2D eigenvalue weighted by Crippen LogP contribution is 2.35. The van der Waals surface area contributed by atoms with E-state index < -0.39 is 24.3 Å². The zero-order valence-corrected chi connectivity index (χ0v) is 8.54. The van der Waals surface area contributed by atoms with Crippen molar-refractivity contribution in [2.75, 3.05) is 13.2 Å². The molecule has 0 heterocycles. The van der Waals surface area contributed by atoms with Crippen molar-refractivity contribution in [2.24, 2.45) is 0 Å². The molecule has 5 heteroatoms. The number of halogens is 3. The second-order valence-corrected chi connectivity index (χ2v) is 3.48. The summed E-state index contributed by atoms with van der Waals surface area (Å²) in [5.74, 6) is -0.678. The minimum atomic E-state index is -4.43. The molecule has 2 nitrogen and oxygen atoms in total. The standard InChI is InChI=1S/C11H13F3O2/c12-11(13,14)10-4-2-1-3-9(10)8(7-16)5-6-15/h1-4,8,15-16H,5-7H2. The highest BCUT2D eigenvalue weighted by atomic mass is 19.4. The molecule has 1 aromatic rings. The lowest BCUT2D eigenvalue weighted by molar-refractivity contribution is -0.138. The second kappa shape index (κ2) is 5.32. The Bertz CT molecular complexity index is 336. The topological polar surface area (TPSA) is 40.5 Å². The van der Waals surface area contributed by atoms with Gasteiger partial charge in [-0.15, -0.1) is 0 Å². The third-order valence-electron chi connectivity index (χ3n) is 2.40. The molecule has 0 spiro atoms. The van der Waals surface area contributed by atoms with Gasteiger partial charge in [0.1, 0.15) is 0 Å². The van der Waals surface area contributed by atoms with Crippen molar-refractivity contribution in [3.63, 3.8) is 0 Å². The molecule has 1 unspecified atom stereocenters. The minimum Gasteiger partial charge on any atom is -0.396 e. The lowest BCUT2D eigenvalue weighted by Crippen LogP contribution is -2.15. The molecule has 90 valence electrons. The summed E-state index contributed by atoms with van der Waals surface area (Å²) in [7, 11) is 0. The number of benzene rings is 1. The summed E-state index contributed by atoms with van der Waals surface area (Å²) in [5, 5.41) is 17.8. The maximum absolute atomic E-state index is 12.6. The Balaban J connectivity index is 3.11. The Kier molecular flexibility index (Phi) is 4.32. The van der Waals surface area contributed by atoms with Crippen molar-refractivity contribution in [1.29, 1.82) is 0 Å². The third kappa shape index (κ3) is 2.96. The van der Waals surface area contributed by atoms with Gasteiger partial charge in [-0.05, 0) is 18.1 Å². The van der Waals surface area contributed by atoms with Gasteiger partial charge in [0.05, 0.1) is 12.2 Å².